The van der Waals surface area contributed by atoms with Crippen molar-refractivity contribution in [3.8, 4) is 0 Å². The highest BCUT2D eigenvalue weighted by Crippen LogP contribution is 2.40. The third kappa shape index (κ3) is 4.79. The number of aromatic nitrogens is 2. The van der Waals surface area contributed by atoms with Crippen LogP contribution in [0.15, 0.2) is 0 Å². The first-order valence-electron chi connectivity index (χ1n) is 11.4. The zero-order valence-electron chi connectivity index (χ0n) is 19.2. The topological polar surface area (TPSA) is 53.5 Å². The molecule has 1 N–H and O–H groups in total. The highest BCUT2D eigenvalue weighted by atomic mass is 32.1. The van der Waals surface area contributed by atoms with Gasteiger partial charge in [-0.25, -0.2) is 9.97 Å². The Morgan fingerprint density at radius 2 is 2.00 bits per heavy atom. The van der Waals surface area contributed by atoms with Crippen LogP contribution in [-0.4, -0.2) is 72.8 Å². The van der Waals surface area contributed by atoms with E-state index in [1.54, 1.807) is 0 Å². The number of nitrogens with one attached hydrogen (secondary N) is 1. The molecule has 166 valence electrons. The Kier molecular flexibility index (Phi) is 6.92. The molecule has 2 aliphatic rings. The van der Waals surface area contributed by atoms with Crippen molar-refractivity contribution in [3.63, 3.8) is 0 Å². The molecule has 0 saturated carbocycles. The molecular weight excluding hydrogens is 394 g/mol. The molecule has 1 aliphatic carbocycles. The van der Waals surface area contributed by atoms with Gasteiger partial charge in [0.15, 0.2) is 0 Å². The number of rotatable bonds is 7. The summed E-state index contributed by atoms with van der Waals surface area (Å²) >= 11 is 1.90. The molecule has 7 heteroatoms. The van der Waals surface area contributed by atoms with Crippen LogP contribution >= 0.6 is 11.3 Å². The van der Waals surface area contributed by atoms with Crippen molar-refractivity contribution < 1.29 is 4.74 Å². The highest BCUT2D eigenvalue weighted by molar-refractivity contribution is 7.19. The summed E-state index contributed by atoms with van der Waals surface area (Å²) in [4.78, 5) is 17.5. The summed E-state index contributed by atoms with van der Waals surface area (Å²) in [6.07, 6.45) is 3.60. The summed E-state index contributed by atoms with van der Waals surface area (Å²) in [6, 6.07) is 0.465. The van der Waals surface area contributed by atoms with Crippen LogP contribution < -0.4 is 5.32 Å². The average Bonchev–Trinajstić information content (AvgIpc) is 3.05. The fourth-order valence-corrected chi connectivity index (χ4v) is 6.16. The fourth-order valence-electron chi connectivity index (χ4n) is 4.76. The molecule has 2 aromatic rings. The first kappa shape index (κ1) is 21.9. The second-order valence-electron chi connectivity index (χ2n) is 9.56. The molecule has 2 unspecified atom stereocenters. The molecule has 0 spiro atoms. The van der Waals surface area contributed by atoms with Gasteiger partial charge in [0.2, 0.25) is 0 Å². The smallest absolute Gasteiger partial charge is 0.146 e. The van der Waals surface area contributed by atoms with E-state index >= 15 is 0 Å². The number of anilines is 1. The predicted octanol–water partition coefficient (Wildman–Crippen LogP) is 3.65. The maximum absolute atomic E-state index is 5.51. The lowest BCUT2D eigenvalue weighted by atomic mass is 9.89. The number of likely N-dealkylation sites (N-methyl/N-ethyl adjacent to an activating group) is 1. The van der Waals surface area contributed by atoms with Gasteiger partial charge in [-0.05, 0) is 50.8 Å². The second kappa shape index (κ2) is 9.47. The number of thiophene rings is 1. The lowest BCUT2D eigenvalue weighted by Gasteiger charge is -2.29. The van der Waals surface area contributed by atoms with Gasteiger partial charge in [-0.1, -0.05) is 20.8 Å². The van der Waals surface area contributed by atoms with Crippen molar-refractivity contribution in [3.05, 3.63) is 16.3 Å². The van der Waals surface area contributed by atoms with Crippen molar-refractivity contribution in [1.82, 2.24) is 19.8 Å². The van der Waals surface area contributed by atoms with Gasteiger partial charge in [-0.15, -0.1) is 11.3 Å². The van der Waals surface area contributed by atoms with Crippen LogP contribution in [-0.2, 0) is 24.1 Å². The predicted molar refractivity (Wildman–Crippen MR) is 126 cm³/mol. The van der Waals surface area contributed by atoms with E-state index in [9.17, 15) is 0 Å². The molecule has 2 aromatic heterocycles. The Bertz CT molecular complexity index is 851. The van der Waals surface area contributed by atoms with Crippen molar-refractivity contribution in [1.29, 1.82) is 0 Å². The molecule has 0 aromatic carbocycles. The van der Waals surface area contributed by atoms with E-state index < -0.39 is 0 Å². The van der Waals surface area contributed by atoms with E-state index in [0.29, 0.717) is 12.0 Å². The SMILES string of the molecule is CC1CCc2c(sc3nc(CN4CCOCC4)nc(NCC(C(C)C)N(C)C)c23)C1. The van der Waals surface area contributed by atoms with Crippen molar-refractivity contribution in [2.45, 2.75) is 52.6 Å². The maximum atomic E-state index is 5.51. The average molecular weight is 432 g/mol. The first-order valence-corrected chi connectivity index (χ1v) is 12.3. The zero-order valence-corrected chi connectivity index (χ0v) is 20.0. The largest absolute Gasteiger partial charge is 0.379 e. The van der Waals surface area contributed by atoms with E-state index in [-0.39, 0.29) is 0 Å². The summed E-state index contributed by atoms with van der Waals surface area (Å²) in [7, 11) is 4.33. The number of nitrogens with zero attached hydrogens (tertiary/aromatic N) is 4. The standard InChI is InChI=1S/C23H37N5OS/c1-15(2)18(27(4)5)13-24-22-21-17-7-6-16(3)12-19(17)30-23(21)26-20(25-22)14-28-8-10-29-11-9-28/h15-16,18H,6-14H2,1-5H3,(H,24,25,26). The van der Waals surface area contributed by atoms with Crippen LogP contribution in [0.25, 0.3) is 10.2 Å². The second-order valence-corrected chi connectivity index (χ2v) is 10.6. The minimum Gasteiger partial charge on any atom is -0.379 e. The van der Waals surface area contributed by atoms with Gasteiger partial charge in [0.25, 0.3) is 0 Å². The molecule has 1 aliphatic heterocycles. The van der Waals surface area contributed by atoms with Crippen LogP contribution in [0.4, 0.5) is 5.82 Å². The van der Waals surface area contributed by atoms with Crippen molar-refractivity contribution in [2.24, 2.45) is 11.8 Å². The molecule has 0 bridgehead atoms. The van der Waals surface area contributed by atoms with Gasteiger partial charge in [-0.2, -0.15) is 0 Å². The molecule has 4 rings (SSSR count). The molecule has 0 amide bonds. The maximum Gasteiger partial charge on any atom is 0.146 e. The molecular formula is C23H37N5OS. The molecule has 0 radical (unpaired) electrons. The molecule has 30 heavy (non-hydrogen) atoms. The Labute approximate surface area is 185 Å². The Morgan fingerprint density at radius 1 is 1.23 bits per heavy atom. The summed E-state index contributed by atoms with van der Waals surface area (Å²) in [5.74, 6) is 3.32. The van der Waals surface area contributed by atoms with E-state index in [0.717, 1.165) is 63.4 Å². The van der Waals surface area contributed by atoms with Gasteiger partial charge in [0, 0.05) is 30.6 Å². The quantitative estimate of drug-likeness (QED) is 0.722. The lowest BCUT2D eigenvalue weighted by Crippen LogP contribution is -2.39. The van der Waals surface area contributed by atoms with Gasteiger partial charge < -0.3 is 15.0 Å². The van der Waals surface area contributed by atoms with Crippen LogP contribution in [0.3, 0.4) is 0 Å². The number of morpholine rings is 1. The van der Waals surface area contributed by atoms with E-state index in [4.69, 9.17) is 14.7 Å². The third-order valence-corrected chi connectivity index (χ3v) is 7.73. The van der Waals surface area contributed by atoms with Crippen LogP contribution in [0.2, 0.25) is 0 Å². The number of ether oxygens (including phenoxy) is 1. The van der Waals surface area contributed by atoms with Crippen LogP contribution in [0.5, 0.6) is 0 Å². The number of hydrogen-bond donors (Lipinski definition) is 1. The monoisotopic (exact) mass is 431 g/mol. The minimum atomic E-state index is 0.465. The minimum absolute atomic E-state index is 0.465. The van der Waals surface area contributed by atoms with Crippen molar-refractivity contribution in [2.75, 3.05) is 52.3 Å². The summed E-state index contributed by atoms with van der Waals surface area (Å²) < 4.78 is 5.51. The van der Waals surface area contributed by atoms with Crippen molar-refractivity contribution >= 4 is 27.4 Å². The summed E-state index contributed by atoms with van der Waals surface area (Å²) in [5, 5.41) is 5.03. The summed E-state index contributed by atoms with van der Waals surface area (Å²) in [6.45, 7) is 12.2. The van der Waals surface area contributed by atoms with Gasteiger partial charge in [0.1, 0.15) is 16.5 Å². The highest BCUT2D eigenvalue weighted by Gasteiger charge is 2.25. The molecule has 1 saturated heterocycles. The molecule has 3 heterocycles. The third-order valence-electron chi connectivity index (χ3n) is 6.58. The van der Waals surface area contributed by atoms with E-state index in [2.05, 4.69) is 50.0 Å². The Hall–Kier alpha value is -1.28. The van der Waals surface area contributed by atoms with Gasteiger partial charge in [-0.3, -0.25) is 4.90 Å². The first-order chi connectivity index (χ1) is 14.4. The van der Waals surface area contributed by atoms with E-state index in [1.165, 1.54) is 33.5 Å². The van der Waals surface area contributed by atoms with E-state index in [1.807, 2.05) is 11.3 Å². The fraction of sp³-hybridized carbons (Fsp3) is 0.739. The number of hydrogen-bond acceptors (Lipinski definition) is 7. The van der Waals surface area contributed by atoms with Crippen LogP contribution in [0.1, 0.15) is 43.5 Å². The Morgan fingerprint density at radius 3 is 2.70 bits per heavy atom. The molecule has 1 fully saturated rings. The zero-order chi connectivity index (χ0) is 21.3. The Balaban J connectivity index is 1.67. The molecule has 2 atom stereocenters. The number of fused-ring (bicyclic) bond motifs is 3. The molecule has 6 nitrogen and oxygen atoms in total. The summed E-state index contributed by atoms with van der Waals surface area (Å²) in [5.41, 5.74) is 1.50. The number of aryl methyl sites for hydroxylation is 1. The normalized spacial score (nSPS) is 21.4. The van der Waals surface area contributed by atoms with Crippen LogP contribution in [0, 0.1) is 11.8 Å². The van der Waals surface area contributed by atoms with Gasteiger partial charge in [0.05, 0.1) is 25.1 Å². The van der Waals surface area contributed by atoms with Gasteiger partial charge >= 0.3 is 0 Å². The lowest BCUT2D eigenvalue weighted by molar-refractivity contribution is 0.0331.